The van der Waals surface area contributed by atoms with E-state index in [1.807, 2.05) is 0 Å². The molecule has 0 heterocycles. The van der Waals surface area contributed by atoms with Gasteiger partial charge in [-0.15, -0.1) is 0 Å². The van der Waals surface area contributed by atoms with Crippen molar-refractivity contribution in [2.45, 2.75) is 264 Å². The van der Waals surface area contributed by atoms with E-state index in [0.29, 0.717) is 19.3 Å². The highest BCUT2D eigenvalue weighted by atomic mass is 16.6. The average molecular weight is 1100 g/mol. The van der Waals surface area contributed by atoms with Crippen molar-refractivity contribution in [3.63, 3.8) is 0 Å². The fraction of sp³-hybridized carbons (Fsp3) is 0.581. The molecule has 0 aliphatic carbocycles. The van der Waals surface area contributed by atoms with Gasteiger partial charge >= 0.3 is 17.9 Å². The molecule has 0 rings (SSSR count). The maximum absolute atomic E-state index is 12.9. The number of carbonyl (C=O) groups excluding carboxylic acids is 3. The van der Waals surface area contributed by atoms with Gasteiger partial charge in [0.25, 0.3) is 0 Å². The lowest BCUT2D eigenvalue weighted by molar-refractivity contribution is -0.167. The molecule has 0 bridgehead atoms. The number of carbonyl (C=O) groups is 3. The van der Waals surface area contributed by atoms with E-state index in [4.69, 9.17) is 14.2 Å². The van der Waals surface area contributed by atoms with Crippen molar-refractivity contribution < 1.29 is 28.6 Å². The van der Waals surface area contributed by atoms with Crippen molar-refractivity contribution in [3.8, 4) is 0 Å². The number of hydrogen-bond donors (Lipinski definition) is 0. The minimum absolute atomic E-state index is 0.119. The van der Waals surface area contributed by atoms with Gasteiger partial charge in [0, 0.05) is 19.3 Å². The third-order valence-corrected chi connectivity index (χ3v) is 12.9. The van der Waals surface area contributed by atoms with Crippen LogP contribution in [-0.2, 0) is 28.6 Å². The van der Waals surface area contributed by atoms with E-state index in [9.17, 15) is 14.4 Å². The van der Waals surface area contributed by atoms with Crippen molar-refractivity contribution in [1.82, 2.24) is 0 Å². The third kappa shape index (κ3) is 63.6. The molecule has 0 saturated carbocycles. The van der Waals surface area contributed by atoms with Gasteiger partial charge in [-0.1, -0.05) is 255 Å². The van der Waals surface area contributed by atoms with Crippen LogP contribution in [0.1, 0.15) is 258 Å². The summed E-state index contributed by atoms with van der Waals surface area (Å²) >= 11 is 0. The smallest absolute Gasteiger partial charge is 0.306 e. The molecule has 0 aliphatic heterocycles. The van der Waals surface area contributed by atoms with E-state index in [1.54, 1.807) is 0 Å². The highest BCUT2D eigenvalue weighted by Crippen LogP contribution is 2.13. The van der Waals surface area contributed by atoms with E-state index in [1.165, 1.54) is 57.8 Å². The van der Waals surface area contributed by atoms with Crippen LogP contribution in [0.2, 0.25) is 0 Å². The maximum Gasteiger partial charge on any atom is 0.306 e. The number of hydrogen-bond acceptors (Lipinski definition) is 6. The second kappa shape index (κ2) is 66.3. The molecule has 6 heteroatoms. The summed E-state index contributed by atoms with van der Waals surface area (Å²) in [7, 11) is 0. The Morgan fingerprint density at radius 1 is 0.263 bits per heavy atom. The van der Waals surface area contributed by atoms with Crippen LogP contribution in [0.5, 0.6) is 0 Å². The normalized spacial score (nSPS) is 13.3. The lowest BCUT2D eigenvalue weighted by atomic mass is 10.1. The molecule has 1 unspecified atom stereocenters. The molecular weight excluding hydrogens is 985 g/mol. The molecule has 1 atom stereocenters. The predicted molar refractivity (Wildman–Crippen MR) is 348 cm³/mol. The van der Waals surface area contributed by atoms with Gasteiger partial charge in [-0.3, -0.25) is 14.4 Å². The van der Waals surface area contributed by atoms with Gasteiger partial charge in [0.15, 0.2) is 6.10 Å². The fourth-order valence-corrected chi connectivity index (χ4v) is 8.18. The summed E-state index contributed by atoms with van der Waals surface area (Å²) in [5.74, 6) is -1.01. The molecule has 0 radical (unpaired) electrons. The van der Waals surface area contributed by atoms with Gasteiger partial charge in [0.1, 0.15) is 13.2 Å². The zero-order chi connectivity index (χ0) is 57.8. The molecule has 0 fully saturated rings. The van der Waals surface area contributed by atoms with E-state index >= 15 is 0 Å². The van der Waals surface area contributed by atoms with Crippen molar-refractivity contribution in [3.05, 3.63) is 170 Å². The molecular formula is C74H116O6. The highest BCUT2D eigenvalue weighted by molar-refractivity contribution is 5.71. The molecule has 80 heavy (non-hydrogen) atoms. The maximum atomic E-state index is 12.9. The topological polar surface area (TPSA) is 78.9 Å². The van der Waals surface area contributed by atoms with Gasteiger partial charge in [0.2, 0.25) is 0 Å². The first-order chi connectivity index (χ1) is 39.5. The molecule has 0 aliphatic rings. The number of rotatable bonds is 56. The summed E-state index contributed by atoms with van der Waals surface area (Å²) in [4.78, 5) is 38.3. The summed E-state index contributed by atoms with van der Waals surface area (Å²) in [5.41, 5.74) is 0. The predicted octanol–water partition coefficient (Wildman–Crippen LogP) is 22.3. The largest absolute Gasteiger partial charge is 0.462 e. The number of allylic oxidation sites excluding steroid dienone is 28. The van der Waals surface area contributed by atoms with Crippen molar-refractivity contribution in [1.29, 1.82) is 0 Å². The van der Waals surface area contributed by atoms with E-state index < -0.39 is 6.10 Å². The Hall–Kier alpha value is -5.23. The van der Waals surface area contributed by atoms with Crippen LogP contribution in [0.15, 0.2) is 170 Å². The van der Waals surface area contributed by atoms with Gasteiger partial charge < -0.3 is 14.2 Å². The van der Waals surface area contributed by atoms with E-state index in [2.05, 4.69) is 191 Å². The summed E-state index contributed by atoms with van der Waals surface area (Å²) in [5, 5.41) is 0. The monoisotopic (exact) mass is 1100 g/mol. The summed E-state index contributed by atoms with van der Waals surface area (Å²) in [6, 6.07) is 0. The Labute approximate surface area is 492 Å². The van der Waals surface area contributed by atoms with Gasteiger partial charge in [-0.2, -0.15) is 0 Å². The first kappa shape index (κ1) is 74.8. The van der Waals surface area contributed by atoms with Crippen LogP contribution in [0.25, 0.3) is 0 Å². The van der Waals surface area contributed by atoms with Crippen LogP contribution < -0.4 is 0 Å². The van der Waals surface area contributed by atoms with Gasteiger partial charge in [0.05, 0.1) is 0 Å². The minimum Gasteiger partial charge on any atom is -0.462 e. The molecule has 0 spiro atoms. The molecule has 0 aromatic rings. The van der Waals surface area contributed by atoms with Crippen LogP contribution in [-0.4, -0.2) is 37.2 Å². The quantitative estimate of drug-likeness (QED) is 0.0261. The minimum atomic E-state index is -0.830. The number of esters is 3. The van der Waals surface area contributed by atoms with Crippen LogP contribution in [0, 0.1) is 0 Å². The first-order valence-electron chi connectivity index (χ1n) is 32.1. The molecule has 0 N–H and O–H groups in total. The molecule has 0 amide bonds. The average Bonchev–Trinajstić information content (AvgIpc) is 3.46. The molecule has 0 aromatic heterocycles. The second-order valence-electron chi connectivity index (χ2n) is 20.5. The summed E-state index contributed by atoms with van der Waals surface area (Å²) in [6.07, 6.45) is 97.8. The molecule has 6 nitrogen and oxygen atoms in total. The standard InChI is InChI=1S/C74H116O6/c1-4-7-10-13-16-19-22-25-28-31-33-35-36-37-38-40-41-43-46-49-52-55-58-61-64-67-73(76)79-70-71(69-78-72(75)66-63-60-57-54-51-48-45-30-27-24-21-18-15-12-9-6-3)80-74(77)68-65-62-59-56-53-50-47-44-42-39-34-32-29-26-23-20-17-14-11-8-5-2/h7-8,10-11,16-17,19-20,25-26,28-30,33-35,37-39,41,43-45,47,49,52-53,56,71H,4-6,9,12-15,18,21-24,27,31-32,36,40,42,46,48,50-51,54-55,57-70H2,1-3H3/b10-7-,11-8-,19-16-,20-17-,28-25-,29-26-,35-33-,38-37-,39-34-,43-41-,45-30-,47-44-,52-49-,56-53-. The lowest BCUT2D eigenvalue weighted by Crippen LogP contribution is -2.30. The van der Waals surface area contributed by atoms with Crippen LogP contribution in [0.3, 0.4) is 0 Å². The van der Waals surface area contributed by atoms with Crippen molar-refractivity contribution in [2.75, 3.05) is 13.2 Å². The Morgan fingerprint density at radius 2 is 0.487 bits per heavy atom. The number of ether oxygens (including phenoxy) is 3. The van der Waals surface area contributed by atoms with Crippen LogP contribution >= 0.6 is 0 Å². The van der Waals surface area contributed by atoms with Crippen LogP contribution in [0.4, 0.5) is 0 Å². The second-order valence-corrected chi connectivity index (χ2v) is 20.5. The Bertz CT molecular complexity index is 1840. The van der Waals surface area contributed by atoms with E-state index in [0.717, 1.165) is 154 Å². The van der Waals surface area contributed by atoms with Crippen molar-refractivity contribution in [2.24, 2.45) is 0 Å². The molecule has 448 valence electrons. The van der Waals surface area contributed by atoms with E-state index in [-0.39, 0.29) is 37.5 Å². The lowest BCUT2D eigenvalue weighted by Gasteiger charge is -2.18. The zero-order valence-corrected chi connectivity index (χ0v) is 51.3. The zero-order valence-electron chi connectivity index (χ0n) is 51.3. The Kier molecular flexibility index (Phi) is 61.9. The Morgan fingerprint density at radius 3 is 0.812 bits per heavy atom. The Balaban J connectivity index is 4.57. The summed E-state index contributed by atoms with van der Waals surface area (Å²) in [6.45, 7) is 6.33. The third-order valence-electron chi connectivity index (χ3n) is 12.9. The molecule has 0 saturated heterocycles. The number of unbranched alkanes of at least 4 members (excludes halogenated alkanes) is 17. The van der Waals surface area contributed by atoms with Gasteiger partial charge in [-0.05, 0) is 154 Å². The fourth-order valence-electron chi connectivity index (χ4n) is 8.18. The SMILES string of the molecule is CC/C=C\C/C=C\C/C=C\C/C=C\C/C=C\C/C=C\C/C=C\CCCCCC(=O)OCC(COC(=O)CCCCCCC/C=C\CCCCCCCCC)OC(=O)CCCC/C=C\C/C=C\C/C=C\C/C=C\C/C=C\C/C=C\CC. The summed E-state index contributed by atoms with van der Waals surface area (Å²) < 4.78 is 16.9. The van der Waals surface area contributed by atoms with Crippen molar-refractivity contribution >= 4 is 17.9 Å². The molecule has 0 aromatic carbocycles. The van der Waals surface area contributed by atoms with Gasteiger partial charge in [-0.25, -0.2) is 0 Å². The first-order valence-corrected chi connectivity index (χ1v) is 32.1. The highest BCUT2D eigenvalue weighted by Gasteiger charge is 2.19.